The Morgan fingerprint density at radius 3 is 2.58 bits per heavy atom. The van der Waals surface area contributed by atoms with Gasteiger partial charge in [-0.25, -0.2) is 8.78 Å². The molecule has 0 saturated heterocycles. The predicted octanol–water partition coefficient (Wildman–Crippen LogP) is 3.83. The smallest absolute Gasteiger partial charge is 0.262 e. The van der Waals surface area contributed by atoms with Gasteiger partial charge in [-0.3, -0.25) is 4.79 Å². The molecule has 1 atom stereocenters. The van der Waals surface area contributed by atoms with Gasteiger partial charge in [0.1, 0.15) is 0 Å². The quantitative estimate of drug-likeness (QED) is 0.910. The van der Waals surface area contributed by atoms with Crippen LogP contribution in [0, 0.1) is 18.6 Å². The molecule has 0 saturated carbocycles. The lowest BCUT2D eigenvalue weighted by Crippen LogP contribution is -2.26. The Bertz CT molecular complexity index is 609. The van der Waals surface area contributed by atoms with Crippen LogP contribution in [-0.4, -0.2) is 5.91 Å². The van der Waals surface area contributed by atoms with Gasteiger partial charge in [0.25, 0.3) is 5.91 Å². The lowest BCUT2D eigenvalue weighted by atomic mass is 10.1. The van der Waals surface area contributed by atoms with Crippen LogP contribution in [0.5, 0.6) is 0 Å². The van der Waals surface area contributed by atoms with Crippen molar-refractivity contribution < 1.29 is 13.6 Å². The number of carbonyl (C=O) groups excluding carboxylic acids is 1. The van der Waals surface area contributed by atoms with Crippen molar-refractivity contribution in [3.8, 4) is 0 Å². The fourth-order valence-electron chi connectivity index (χ4n) is 1.73. The number of halogens is 2. The molecule has 0 fully saturated rings. The standard InChI is InChI=1S/C14H13F2NOS/c1-8-5-6-19-13(8)14(18)17-9(2)10-3-4-11(15)12(16)7-10/h3-7,9H,1-2H3,(H,17,18). The van der Waals surface area contributed by atoms with Gasteiger partial charge < -0.3 is 5.32 Å². The second-order valence-electron chi connectivity index (χ2n) is 4.30. The Balaban J connectivity index is 2.13. The highest BCUT2D eigenvalue weighted by Crippen LogP contribution is 2.19. The van der Waals surface area contributed by atoms with Crippen molar-refractivity contribution in [1.29, 1.82) is 0 Å². The monoisotopic (exact) mass is 281 g/mol. The maximum atomic E-state index is 13.1. The van der Waals surface area contributed by atoms with Gasteiger partial charge in [0.05, 0.1) is 10.9 Å². The number of hydrogen-bond acceptors (Lipinski definition) is 2. The summed E-state index contributed by atoms with van der Waals surface area (Å²) in [5.41, 5.74) is 1.43. The van der Waals surface area contributed by atoms with Crippen LogP contribution < -0.4 is 5.32 Å². The Labute approximate surface area is 114 Å². The second-order valence-corrected chi connectivity index (χ2v) is 5.22. The van der Waals surface area contributed by atoms with Gasteiger partial charge in [0.15, 0.2) is 11.6 Å². The van der Waals surface area contributed by atoms with Gasteiger partial charge >= 0.3 is 0 Å². The molecule has 19 heavy (non-hydrogen) atoms. The molecule has 1 amide bonds. The summed E-state index contributed by atoms with van der Waals surface area (Å²) in [7, 11) is 0. The lowest BCUT2D eigenvalue weighted by Gasteiger charge is -2.14. The molecule has 2 aromatic rings. The van der Waals surface area contributed by atoms with E-state index in [1.54, 1.807) is 6.92 Å². The molecule has 2 nitrogen and oxygen atoms in total. The molecular formula is C14H13F2NOS. The molecule has 5 heteroatoms. The Kier molecular flexibility index (Phi) is 3.95. The first-order valence-corrected chi connectivity index (χ1v) is 6.67. The van der Waals surface area contributed by atoms with Gasteiger partial charge in [-0.15, -0.1) is 11.3 Å². The zero-order valence-corrected chi connectivity index (χ0v) is 11.4. The van der Waals surface area contributed by atoms with Crippen molar-refractivity contribution in [1.82, 2.24) is 5.32 Å². The van der Waals surface area contributed by atoms with Crippen molar-refractivity contribution in [3.05, 3.63) is 57.3 Å². The van der Waals surface area contributed by atoms with Crippen LogP contribution in [0.1, 0.15) is 33.8 Å². The third-order valence-electron chi connectivity index (χ3n) is 2.86. The van der Waals surface area contributed by atoms with Crippen LogP contribution in [0.3, 0.4) is 0 Å². The summed E-state index contributed by atoms with van der Waals surface area (Å²) >= 11 is 1.35. The predicted molar refractivity (Wildman–Crippen MR) is 71.3 cm³/mol. The van der Waals surface area contributed by atoms with E-state index in [1.807, 2.05) is 18.4 Å². The highest BCUT2D eigenvalue weighted by Gasteiger charge is 2.15. The molecule has 1 aromatic carbocycles. The zero-order valence-electron chi connectivity index (χ0n) is 10.5. The van der Waals surface area contributed by atoms with Crippen LogP contribution in [0.2, 0.25) is 0 Å². The van der Waals surface area contributed by atoms with Crippen molar-refractivity contribution >= 4 is 17.2 Å². The molecule has 0 radical (unpaired) electrons. The maximum absolute atomic E-state index is 13.1. The van der Waals surface area contributed by atoms with E-state index in [4.69, 9.17) is 0 Å². The van der Waals surface area contributed by atoms with Gasteiger partial charge in [0, 0.05) is 0 Å². The number of aryl methyl sites for hydroxylation is 1. The van der Waals surface area contributed by atoms with E-state index < -0.39 is 11.6 Å². The lowest BCUT2D eigenvalue weighted by molar-refractivity contribution is 0.0943. The number of thiophene rings is 1. The minimum absolute atomic E-state index is 0.204. The summed E-state index contributed by atoms with van der Waals surface area (Å²) in [5.74, 6) is -2.01. The molecule has 0 bridgehead atoms. The molecule has 0 aliphatic heterocycles. The average molecular weight is 281 g/mol. The van der Waals surface area contributed by atoms with Crippen molar-refractivity contribution in [2.75, 3.05) is 0 Å². The summed E-state index contributed by atoms with van der Waals surface area (Å²) in [6.07, 6.45) is 0. The summed E-state index contributed by atoms with van der Waals surface area (Å²) in [4.78, 5) is 12.6. The molecule has 2 rings (SSSR count). The van der Waals surface area contributed by atoms with Crippen molar-refractivity contribution in [2.24, 2.45) is 0 Å². The molecule has 1 N–H and O–H groups in total. The topological polar surface area (TPSA) is 29.1 Å². The third-order valence-corrected chi connectivity index (χ3v) is 3.87. The largest absolute Gasteiger partial charge is 0.345 e. The van der Waals surface area contributed by atoms with Gasteiger partial charge in [0.2, 0.25) is 0 Å². The molecular weight excluding hydrogens is 268 g/mol. The first kappa shape index (κ1) is 13.7. The number of hydrogen-bond donors (Lipinski definition) is 1. The number of carbonyl (C=O) groups is 1. The van der Waals surface area contributed by atoms with Gasteiger partial charge in [-0.1, -0.05) is 6.07 Å². The number of nitrogens with one attached hydrogen (secondary N) is 1. The maximum Gasteiger partial charge on any atom is 0.262 e. The minimum Gasteiger partial charge on any atom is -0.345 e. The molecule has 100 valence electrons. The molecule has 1 aromatic heterocycles. The Hall–Kier alpha value is -1.75. The third kappa shape index (κ3) is 2.98. The number of amides is 1. The average Bonchev–Trinajstić information content (AvgIpc) is 2.79. The molecule has 1 unspecified atom stereocenters. The molecule has 0 aliphatic rings. The van der Waals surface area contributed by atoms with Crippen molar-refractivity contribution in [2.45, 2.75) is 19.9 Å². The van der Waals surface area contributed by atoms with E-state index in [9.17, 15) is 13.6 Å². The van der Waals surface area contributed by atoms with Gasteiger partial charge in [-0.2, -0.15) is 0 Å². The van der Waals surface area contributed by atoms with Crippen LogP contribution in [-0.2, 0) is 0 Å². The SMILES string of the molecule is Cc1ccsc1C(=O)NC(C)c1ccc(F)c(F)c1. The molecule has 0 aliphatic carbocycles. The first-order valence-electron chi connectivity index (χ1n) is 5.79. The highest BCUT2D eigenvalue weighted by atomic mass is 32.1. The summed E-state index contributed by atoms with van der Waals surface area (Å²) in [5, 5.41) is 4.61. The van der Waals surface area contributed by atoms with E-state index in [-0.39, 0.29) is 11.9 Å². The van der Waals surface area contributed by atoms with E-state index in [1.165, 1.54) is 17.4 Å². The van der Waals surface area contributed by atoms with Crippen molar-refractivity contribution in [3.63, 3.8) is 0 Å². The summed E-state index contributed by atoms with van der Waals surface area (Å²) in [6.45, 7) is 3.58. The van der Waals surface area contributed by atoms with Crippen LogP contribution in [0.4, 0.5) is 8.78 Å². The van der Waals surface area contributed by atoms with Crippen LogP contribution in [0.25, 0.3) is 0 Å². The first-order chi connectivity index (χ1) is 8.99. The Morgan fingerprint density at radius 1 is 1.26 bits per heavy atom. The van der Waals surface area contributed by atoms with Gasteiger partial charge in [-0.05, 0) is 48.6 Å². The fraction of sp³-hybridized carbons (Fsp3) is 0.214. The van der Waals surface area contributed by atoms with E-state index in [0.29, 0.717) is 10.4 Å². The Morgan fingerprint density at radius 2 is 2.00 bits per heavy atom. The normalized spacial score (nSPS) is 12.2. The zero-order chi connectivity index (χ0) is 14.0. The number of rotatable bonds is 3. The molecule has 0 spiro atoms. The second kappa shape index (κ2) is 5.48. The molecule has 1 heterocycles. The highest BCUT2D eigenvalue weighted by molar-refractivity contribution is 7.12. The summed E-state index contributed by atoms with van der Waals surface area (Å²) < 4.78 is 26.0. The van der Waals surface area contributed by atoms with E-state index in [0.717, 1.165) is 17.7 Å². The van der Waals surface area contributed by atoms with E-state index >= 15 is 0 Å². The van der Waals surface area contributed by atoms with Crippen LogP contribution in [0.15, 0.2) is 29.6 Å². The van der Waals surface area contributed by atoms with Crippen LogP contribution >= 0.6 is 11.3 Å². The fourth-order valence-corrected chi connectivity index (χ4v) is 2.56. The minimum atomic E-state index is -0.911. The summed E-state index contributed by atoms with van der Waals surface area (Å²) in [6, 6.07) is 5.10. The van der Waals surface area contributed by atoms with E-state index in [2.05, 4.69) is 5.32 Å². The number of benzene rings is 1.